The minimum atomic E-state index is 0.0456. The number of aromatic nitrogens is 4. The maximum atomic E-state index is 12.8. The second-order valence-corrected chi connectivity index (χ2v) is 7.23. The van der Waals surface area contributed by atoms with Crippen molar-refractivity contribution in [2.24, 2.45) is 0 Å². The molecule has 0 spiro atoms. The van der Waals surface area contributed by atoms with Gasteiger partial charge in [-0.25, -0.2) is 9.67 Å². The summed E-state index contributed by atoms with van der Waals surface area (Å²) in [5, 5.41) is 7.42. The highest BCUT2D eigenvalue weighted by molar-refractivity contribution is 5.94. The molecule has 1 amide bonds. The monoisotopic (exact) mass is 392 g/mol. The highest BCUT2D eigenvalue weighted by Crippen LogP contribution is 2.15. The molecule has 2 atom stereocenters. The molecular formula is C21H24N6O2. The predicted octanol–water partition coefficient (Wildman–Crippen LogP) is 2.52. The summed E-state index contributed by atoms with van der Waals surface area (Å²) in [5.41, 5.74) is 1.74. The van der Waals surface area contributed by atoms with Crippen LogP contribution in [0.2, 0.25) is 0 Å². The molecule has 2 unspecified atom stereocenters. The summed E-state index contributed by atoms with van der Waals surface area (Å²) >= 11 is 0. The second-order valence-electron chi connectivity index (χ2n) is 7.23. The van der Waals surface area contributed by atoms with E-state index in [0.717, 1.165) is 5.56 Å². The van der Waals surface area contributed by atoms with Crippen LogP contribution in [0.15, 0.2) is 55.1 Å². The van der Waals surface area contributed by atoms with E-state index in [1.165, 1.54) is 0 Å². The van der Waals surface area contributed by atoms with Crippen molar-refractivity contribution in [3.05, 3.63) is 66.2 Å². The fourth-order valence-electron chi connectivity index (χ4n) is 3.44. The van der Waals surface area contributed by atoms with Crippen LogP contribution >= 0.6 is 0 Å². The van der Waals surface area contributed by atoms with Crippen LogP contribution in [0.4, 0.5) is 5.82 Å². The van der Waals surface area contributed by atoms with E-state index < -0.39 is 0 Å². The van der Waals surface area contributed by atoms with E-state index in [4.69, 9.17) is 4.74 Å². The van der Waals surface area contributed by atoms with E-state index in [1.54, 1.807) is 23.3 Å². The van der Waals surface area contributed by atoms with Crippen molar-refractivity contribution < 1.29 is 9.53 Å². The van der Waals surface area contributed by atoms with Crippen LogP contribution in [0.5, 0.6) is 0 Å². The van der Waals surface area contributed by atoms with Crippen molar-refractivity contribution in [2.45, 2.75) is 32.6 Å². The molecule has 1 fully saturated rings. The Morgan fingerprint density at radius 1 is 1.17 bits per heavy atom. The molecule has 29 heavy (non-hydrogen) atoms. The third-order valence-corrected chi connectivity index (χ3v) is 4.74. The number of hydrogen-bond donors (Lipinski definition) is 1. The summed E-state index contributed by atoms with van der Waals surface area (Å²) in [6, 6.07) is 9.49. The smallest absolute Gasteiger partial charge is 0.254 e. The number of ether oxygens (including phenoxy) is 1. The fraction of sp³-hybridized carbons (Fsp3) is 0.333. The summed E-state index contributed by atoms with van der Waals surface area (Å²) in [6.45, 7) is 5.82. The second kappa shape index (κ2) is 8.40. The van der Waals surface area contributed by atoms with Gasteiger partial charge in [-0.1, -0.05) is 12.1 Å². The lowest BCUT2D eigenvalue weighted by molar-refractivity contribution is -0.0586. The molecule has 0 saturated carbocycles. The number of morpholine rings is 1. The number of rotatable bonds is 5. The fourth-order valence-corrected chi connectivity index (χ4v) is 3.44. The Bertz CT molecular complexity index is 948. The van der Waals surface area contributed by atoms with Crippen molar-refractivity contribution in [2.75, 3.05) is 18.4 Å². The molecule has 1 N–H and O–H groups in total. The van der Waals surface area contributed by atoms with Crippen molar-refractivity contribution >= 4 is 11.7 Å². The van der Waals surface area contributed by atoms with Gasteiger partial charge < -0.3 is 15.0 Å². The first-order chi connectivity index (χ1) is 14.1. The summed E-state index contributed by atoms with van der Waals surface area (Å²) < 4.78 is 7.37. The van der Waals surface area contributed by atoms with E-state index >= 15 is 0 Å². The maximum Gasteiger partial charge on any atom is 0.254 e. The lowest BCUT2D eigenvalue weighted by Gasteiger charge is -2.35. The minimum absolute atomic E-state index is 0.0456. The standard InChI is InChI=1S/C21H24N6O2/c1-15-13-26(14-16(2)29-15)21(28)18-6-4-17(5-7-18)10-23-19-11-22-12-20(25-19)27-9-3-8-24-27/h3-9,11-12,15-16H,10,13-14H2,1-2H3,(H,23,25). The third kappa shape index (κ3) is 4.60. The van der Waals surface area contributed by atoms with Gasteiger partial charge in [0.05, 0.1) is 24.6 Å². The SMILES string of the molecule is CC1CN(C(=O)c2ccc(CNc3cncc(-n4cccn4)n3)cc2)CC(C)O1. The van der Waals surface area contributed by atoms with Crippen LogP contribution in [-0.4, -0.2) is 55.9 Å². The lowest BCUT2D eigenvalue weighted by atomic mass is 10.1. The summed E-state index contributed by atoms with van der Waals surface area (Å²) in [7, 11) is 0. The molecule has 150 valence electrons. The predicted molar refractivity (Wildman–Crippen MR) is 109 cm³/mol. The minimum Gasteiger partial charge on any atom is -0.372 e. The quantitative estimate of drug-likeness (QED) is 0.718. The van der Waals surface area contributed by atoms with E-state index in [9.17, 15) is 4.79 Å². The van der Waals surface area contributed by atoms with Gasteiger partial charge in [0, 0.05) is 37.6 Å². The van der Waals surface area contributed by atoms with Gasteiger partial charge in [0.2, 0.25) is 0 Å². The van der Waals surface area contributed by atoms with Crippen LogP contribution in [0.3, 0.4) is 0 Å². The molecule has 1 saturated heterocycles. The van der Waals surface area contributed by atoms with Crippen molar-refractivity contribution in [1.82, 2.24) is 24.6 Å². The zero-order valence-electron chi connectivity index (χ0n) is 16.5. The topological polar surface area (TPSA) is 85.2 Å². The van der Waals surface area contributed by atoms with Gasteiger partial charge >= 0.3 is 0 Å². The van der Waals surface area contributed by atoms with Gasteiger partial charge in [-0.05, 0) is 37.6 Å². The average Bonchev–Trinajstić information content (AvgIpc) is 3.27. The number of anilines is 1. The number of amides is 1. The number of nitrogens with one attached hydrogen (secondary N) is 1. The zero-order valence-corrected chi connectivity index (χ0v) is 16.5. The maximum absolute atomic E-state index is 12.8. The van der Waals surface area contributed by atoms with Crippen LogP contribution in [0, 0.1) is 0 Å². The third-order valence-electron chi connectivity index (χ3n) is 4.74. The Kier molecular flexibility index (Phi) is 5.53. The van der Waals surface area contributed by atoms with Gasteiger partial charge in [-0.2, -0.15) is 5.10 Å². The number of carbonyl (C=O) groups excluding carboxylic acids is 1. The number of benzene rings is 1. The molecule has 2 aromatic heterocycles. The normalized spacial score (nSPS) is 19.2. The first kappa shape index (κ1) is 19.1. The highest BCUT2D eigenvalue weighted by atomic mass is 16.5. The summed E-state index contributed by atoms with van der Waals surface area (Å²) in [5.74, 6) is 1.36. The Morgan fingerprint density at radius 2 is 1.93 bits per heavy atom. The number of carbonyl (C=O) groups is 1. The van der Waals surface area contributed by atoms with E-state index in [-0.39, 0.29) is 18.1 Å². The van der Waals surface area contributed by atoms with E-state index in [0.29, 0.717) is 36.8 Å². The molecular weight excluding hydrogens is 368 g/mol. The molecule has 8 nitrogen and oxygen atoms in total. The molecule has 0 radical (unpaired) electrons. The van der Waals surface area contributed by atoms with E-state index in [1.807, 2.05) is 55.3 Å². The number of nitrogens with zero attached hydrogens (tertiary/aromatic N) is 5. The van der Waals surface area contributed by atoms with Gasteiger partial charge in [0.25, 0.3) is 5.91 Å². The largest absolute Gasteiger partial charge is 0.372 e. The molecule has 3 heterocycles. The zero-order chi connectivity index (χ0) is 20.2. The van der Waals surface area contributed by atoms with E-state index in [2.05, 4.69) is 20.4 Å². The molecule has 0 aliphatic carbocycles. The summed E-state index contributed by atoms with van der Waals surface area (Å²) in [6.07, 6.45) is 6.97. The molecule has 1 aromatic carbocycles. The Labute approximate surface area is 169 Å². The van der Waals surface area contributed by atoms with Crippen LogP contribution in [0.25, 0.3) is 5.82 Å². The Balaban J connectivity index is 1.37. The van der Waals surface area contributed by atoms with Crippen LogP contribution in [0.1, 0.15) is 29.8 Å². The van der Waals surface area contributed by atoms with Crippen LogP contribution < -0.4 is 5.32 Å². The van der Waals surface area contributed by atoms with Gasteiger partial charge in [0.15, 0.2) is 5.82 Å². The lowest BCUT2D eigenvalue weighted by Crippen LogP contribution is -2.48. The van der Waals surface area contributed by atoms with Crippen molar-refractivity contribution in [3.8, 4) is 5.82 Å². The first-order valence-corrected chi connectivity index (χ1v) is 9.68. The van der Waals surface area contributed by atoms with Crippen LogP contribution in [-0.2, 0) is 11.3 Å². The molecule has 8 heteroatoms. The molecule has 1 aliphatic heterocycles. The highest BCUT2D eigenvalue weighted by Gasteiger charge is 2.26. The van der Waals surface area contributed by atoms with Gasteiger partial charge in [-0.15, -0.1) is 0 Å². The van der Waals surface area contributed by atoms with Gasteiger partial charge in [0.1, 0.15) is 5.82 Å². The molecule has 0 bridgehead atoms. The molecule has 3 aromatic rings. The number of hydrogen-bond acceptors (Lipinski definition) is 6. The van der Waals surface area contributed by atoms with Gasteiger partial charge in [-0.3, -0.25) is 9.78 Å². The Morgan fingerprint density at radius 3 is 2.62 bits per heavy atom. The molecule has 1 aliphatic rings. The molecule has 4 rings (SSSR count). The average molecular weight is 392 g/mol. The summed E-state index contributed by atoms with van der Waals surface area (Å²) in [4.78, 5) is 23.3. The Hall–Kier alpha value is -3.26. The van der Waals surface area contributed by atoms with Crippen molar-refractivity contribution in [1.29, 1.82) is 0 Å². The van der Waals surface area contributed by atoms with Crippen molar-refractivity contribution in [3.63, 3.8) is 0 Å². The first-order valence-electron chi connectivity index (χ1n) is 9.68.